The van der Waals surface area contributed by atoms with E-state index < -0.39 is 5.92 Å². The number of fused-ring (bicyclic) bond motifs is 1. The van der Waals surface area contributed by atoms with Crippen LogP contribution in [0.1, 0.15) is 34.6 Å². The van der Waals surface area contributed by atoms with Crippen LogP contribution in [0, 0.1) is 5.92 Å². The van der Waals surface area contributed by atoms with Crippen LogP contribution in [0.2, 0.25) is 0 Å². The molecule has 0 spiro atoms. The highest BCUT2D eigenvalue weighted by Gasteiger charge is 2.37. The minimum Gasteiger partial charge on any atom is -0.318 e. The second-order valence-electron chi connectivity index (χ2n) is 7.63. The van der Waals surface area contributed by atoms with Crippen molar-refractivity contribution < 1.29 is 13.6 Å². The Bertz CT molecular complexity index is 1080. The Morgan fingerprint density at radius 3 is 2.34 bits per heavy atom. The third-order valence-corrected chi connectivity index (χ3v) is 6.10. The molecule has 1 saturated carbocycles. The lowest BCUT2D eigenvalue weighted by molar-refractivity contribution is 0.0428. The van der Waals surface area contributed by atoms with Crippen molar-refractivity contribution in [1.82, 2.24) is 14.5 Å². The topological polar surface area (TPSA) is 38.1 Å². The van der Waals surface area contributed by atoms with Gasteiger partial charge in [-0.25, -0.2) is 4.98 Å². The Morgan fingerprint density at radius 1 is 1.03 bits per heavy atom. The molecule has 3 aromatic rings. The van der Waals surface area contributed by atoms with Gasteiger partial charge in [0.1, 0.15) is 4.60 Å². The van der Waals surface area contributed by atoms with Crippen LogP contribution < -0.4 is 0 Å². The number of carbonyl (C=O) groups excluding carboxylic acids is 1. The molecule has 1 aromatic heterocycles. The van der Waals surface area contributed by atoms with Gasteiger partial charge in [0.15, 0.2) is 0 Å². The van der Waals surface area contributed by atoms with E-state index in [1.54, 1.807) is 30.3 Å². The van der Waals surface area contributed by atoms with Crippen LogP contribution in [0.3, 0.4) is 0 Å². The molecule has 1 amide bonds. The van der Waals surface area contributed by atoms with Crippen molar-refractivity contribution in [3.63, 3.8) is 0 Å². The number of aromatic nitrogens is 2. The van der Waals surface area contributed by atoms with E-state index in [9.17, 15) is 13.6 Å². The third-order valence-electron chi connectivity index (χ3n) is 5.55. The highest BCUT2D eigenvalue weighted by Crippen LogP contribution is 2.39. The predicted molar refractivity (Wildman–Crippen MR) is 109 cm³/mol. The maximum atomic E-state index is 14.8. The molecule has 0 unspecified atom stereocenters. The monoisotopic (exact) mass is 457 g/mol. The molecule has 1 aliphatic carbocycles. The molecule has 1 fully saturated rings. The molecule has 1 aliphatic heterocycles. The molecular formula is C22H18BrF2N3O. The van der Waals surface area contributed by atoms with Crippen molar-refractivity contribution in [3.05, 3.63) is 76.2 Å². The molecule has 0 N–H and O–H groups in total. The van der Waals surface area contributed by atoms with Gasteiger partial charge in [0, 0.05) is 23.2 Å². The quantitative estimate of drug-likeness (QED) is 0.522. The Balaban J connectivity index is 1.46. The summed E-state index contributed by atoms with van der Waals surface area (Å²) in [4.78, 5) is 18.8. The SMILES string of the molecule is O=C1c2nc(Br)c(-c3ccc(C(F)(F)c4ccccc4)cc3)n2CN1CC1CC1. The molecule has 2 heterocycles. The number of benzene rings is 2. The Labute approximate surface area is 175 Å². The van der Waals surface area contributed by atoms with Crippen LogP contribution in [0.15, 0.2) is 59.2 Å². The standard InChI is InChI=1S/C22H18BrF2N3O/c23-19-18(28-13-27(12-14-6-7-14)21(29)20(28)26-19)15-8-10-17(11-9-15)22(24,25)16-4-2-1-3-5-16/h1-5,8-11,14H,6-7,12-13H2. The fourth-order valence-electron chi connectivity index (χ4n) is 3.78. The van der Waals surface area contributed by atoms with Gasteiger partial charge in [0.05, 0.1) is 12.4 Å². The molecule has 4 nitrogen and oxygen atoms in total. The smallest absolute Gasteiger partial charge is 0.298 e. The van der Waals surface area contributed by atoms with E-state index in [-0.39, 0.29) is 17.0 Å². The summed E-state index contributed by atoms with van der Waals surface area (Å²) in [5.74, 6) is -2.16. The Kier molecular flexibility index (Phi) is 4.31. The van der Waals surface area contributed by atoms with E-state index in [2.05, 4.69) is 20.9 Å². The summed E-state index contributed by atoms with van der Waals surface area (Å²) in [6.07, 6.45) is 2.33. The van der Waals surface area contributed by atoms with E-state index in [1.807, 2.05) is 9.47 Å². The molecule has 29 heavy (non-hydrogen) atoms. The Hall–Kier alpha value is -2.54. The first kappa shape index (κ1) is 18.5. The Morgan fingerprint density at radius 2 is 1.69 bits per heavy atom. The lowest BCUT2D eigenvalue weighted by Gasteiger charge is -2.18. The van der Waals surface area contributed by atoms with Crippen LogP contribution in [-0.2, 0) is 12.6 Å². The normalized spacial score (nSPS) is 16.4. The van der Waals surface area contributed by atoms with E-state index in [0.29, 0.717) is 23.0 Å². The van der Waals surface area contributed by atoms with Gasteiger partial charge in [-0.2, -0.15) is 8.78 Å². The van der Waals surface area contributed by atoms with E-state index in [1.165, 1.54) is 37.1 Å². The minimum absolute atomic E-state index is 0.0412. The summed E-state index contributed by atoms with van der Waals surface area (Å²) in [6.45, 7) is 1.20. The van der Waals surface area contributed by atoms with Gasteiger partial charge in [0.25, 0.3) is 11.8 Å². The van der Waals surface area contributed by atoms with Crippen molar-refractivity contribution in [2.45, 2.75) is 25.4 Å². The number of carbonyl (C=O) groups is 1. The summed E-state index contributed by atoms with van der Waals surface area (Å²) < 4.78 is 32.0. The molecule has 0 radical (unpaired) electrons. The van der Waals surface area contributed by atoms with Gasteiger partial charge < -0.3 is 9.47 Å². The van der Waals surface area contributed by atoms with E-state index >= 15 is 0 Å². The van der Waals surface area contributed by atoms with Crippen molar-refractivity contribution in [3.8, 4) is 11.3 Å². The van der Waals surface area contributed by atoms with Crippen LogP contribution in [0.4, 0.5) is 8.78 Å². The van der Waals surface area contributed by atoms with Gasteiger partial charge in [-0.1, -0.05) is 54.6 Å². The highest BCUT2D eigenvalue weighted by atomic mass is 79.9. The first-order valence-corrected chi connectivity index (χ1v) is 10.3. The summed E-state index contributed by atoms with van der Waals surface area (Å²) in [6, 6.07) is 14.0. The summed E-state index contributed by atoms with van der Waals surface area (Å²) in [7, 11) is 0. The molecule has 5 rings (SSSR count). The minimum atomic E-state index is -3.08. The first-order valence-electron chi connectivity index (χ1n) is 9.54. The highest BCUT2D eigenvalue weighted by molar-refractivity contribution is 9.10. The molecule has 148 valence electrons. The van der Waals surface area contributed by atoms with Gasteiger partial charge in [-0.3, -0.25) is 4.79 Å². The first-order chi connectivity index (χ1) is 13.9. The molecule has 7 heteroatoms. The van der Waals surface area contributed by atoms with Gasteiger partial charge >= 0.3 is 0 Å². The number of amides is 1. The molecule has 0 saturated heterocycles. The lowest BCUT2D eigenvalue weighted by Crippen LogP contribution is -2.27. The number of rotatable bonds is 5. The number of nitrogens with zero attached hydrogens (tertiary/aromatic N) is 3. The van der Waals surface area contributed by atoms with Crippen LogP contribution in [0.25, 0.3) is 11.3 Å². The van der Waals surface area contributed by atoms with Gasteiger partial charge in [-0.05, 0) is 34.7 Å². The number of imidazole rings is 1. The molecule has 0 bridgehead atoms. The second-order valence-corrected chi connectivity index (χ2v) is 8.38. The average molecular weight is 458 g/mol. The van der Waals surface area contributed by atoms with Crippen molar-refractivity contribution in [2.75, 3.05) is 6.54 Å². The predicted octanol–water partition coefficient (Wildman–Crippen LogP) is 5.28. The van der Waals surface area contributed by atoms with Crippen LogP contribution in [-0.4, -0.2) is 26.9 Å². The largest absolute Gasteiger partial charge is 0.318 e. The summed E-state index contributed by atoms with van der Waals surface area (Å²) >= 11 is 3.43. The van der Waals surface area contributed by atoms with E-state index in [4.69, 9.17) is 0 Å². The van der Waals surface area contributed by atoms with Crippen LogP contribution >= 0.6 is 15.9 Å². The second kappa shape index (κ2) is 6.76. The zero-order valence-electron chi connectivity index (χ0n) is 15.5. The maximum absolute atomic E-state index is 14.8. The molecule has 2 aliphatic rings. The molecule has 2 aromatic carbocycles. The number of hydrogen-bond donors (Lipinski definition) is 0. The molecule has 0 atom stereocenters. The number of hydrogen-bond acceptors (Lipinski definition) is 2. The average Bonchev–Trinajstić information content (AvgIpc) is 3.43. The number of alkyl halides is 2. The third kappa shape index (κ3) is 3.17. The zero-order chi connectivity index (χ0) is 20.2. The lowest BCUT2D eigenvalue weighted by atomic mass is 9.99. The summed E-state index contributed by atoms with van der Waals surface area (Å²) in [5, 5.41) is 0. The van der Waals surface area contributed by atoms with E-state index in [0.717, 1.165) is 17.8 Å². The van der Waals surface area contributed by atoms with Gasteiger partial charge in [-0.15, -0.1) is 0 Å². The molecular weight excluding hydrogens is 440 g/mol. The zero-order valence-corrected chi connectivity index (χ0v) is 17.1. The fraction of sp³-hybridized carbons (Fsp3) is 0.273. The van der Waals surface area contributed by atoms with Gasteiger partial charge in [0.2, 0.25) is 5.82 Å². The maximum Gasteiger partial charge on any atom is 0.298 e. The van der Waals surface area contributed by atoms with Crippen molar-refractivity contribution in [1.29, 1.82) is 0 Å². The van der Waals surface area contributed by atoms with Crippen molar-refractivity contribution in [2.24, 2.45) is 5.92 Å². The van der Waals surface area contributed by atoms with Crippen molar-refractivity contribution >= 4 is 21.8 Å². The summed E-state index contributed by atoms with van der Waals surface area (Å²) in [5.41, 5.74) is 1.36. The van der Waals surface area contributed by atoms with Crippen LogP contribution in [0.5, 0.6) is 0 Å². The number of halogens is 3. The fourth-order valence-corrected chi connectivity index (χ4v) is 4.39.